The molecule has 22 heavy (non-hydrogen) atoms. The van der Waals surface area contributed by atoms with Gasteiger partial charge in [0.2, 0.25) is 0 Å². The molecule has 0 spiro atoms. The summed E-state index contributed by atoms with van der Waals surface area (Å²) in [5, 5.41) is 2.71. The van der Waals surface area contributed by atoms with Crippen molar-refractivity contribution in [3.63, 3.8) is 0 Å². The lowest BCUT2D eigenvalue weighted by Crippen LogP contribution is -2.26. The summed E-state index contributed by atoms with van der Waals surface area (Å²) in [7, 11) is 1.37. The molecule has 0 bridgehead atoms. The first-order valence-electron chi connectivity index (χ1n) is 7.52. The molecule has 1 heterocycles. The highest BCUT2D eigenvalue weighted by Crippen LogP contribution is 2.17. The van der Waals surface area contributed by atoms with Gasteiger partial charge in [-0.2, -0.15) is 0 Å². The van der Waals surface area contributed by atoms with Crippen LogP contribution in [0.3, 0.4) is 0 Å². The van der Waals surface area contributed by atoms with Crippen LogP contribution in [-0.4, -0.2) is 29.3 Å². The van der Waals surface area contributed by atoms with Crippen LogP contribution in [0.15, 0.2) is 36.5 Å². The summed E-state index contributed by atoms with van der Waals surface area (Å²) >= 11 is 0. The second kappa shape index (κ2) is 7.64. The monoisotopic (exact) mass is 301 g/mol. The number of hydrogen-bond donors (Lipinski definition) is 1. The number of hydrogen-bond acceptors (Lipinski definition) is 3. The van der Waals surface area contributed by atoms with E-state index in [1.807, 2.05) is 24.4 Å². The van der Waals surface area contributed by atoms with Gasteiger partial charge in [-0.25, -0.2) is 9.78 Å². The van der Waals surface area contributed by atoms with Gasteiger partial charge < -0.3 is 14.6 Å². The molecule has 1 aromatic carbocycles. The molecule has 5 nitrogen and oxygen atoms in total. The van der Waals surface area contributed by atoms with Gasteiger partial charge in [0, 0.05) is 37.3 Å². The summed E-state index contributed by atoms with van der Waals surface area (Å²) in [5.74, 6) is 1.42. The maximum absolute atomic E-state index is 11.1. The Labute approximate surface area is 131 Å². The Morgan fingerprint density at radius 2 is 2.05 bits per heavy atom. The van der Waals surface area contributed by atoms with Gasteiger partial charge in [-0.05, 0) is 5.56 Å². The molecule has 1 N–H and O–H groups in total. The van der Waals surface area contributed by atoms with Gasteiger partial charge in [0.15, 0.2) is 0 Å². The fourth-order valence-corrected chi connectivity index (χ4v) is 2.40. The van der Waals surface area contributed by atoms with Gasteiger partial charge in [0.1, 0.15) is 5.82 Å². The molecule has 5 heteroatoms. The molecule has 0 aliphatic rings. The summed E-state index contributed by atoms with van der Waals surface area (Å²) in [6.45, 7) is 5.60. The van der Waals surface area contributed by atoms with Crippen molar-refractivity contribution in [1.29, 1.82) is 0 Å². The third kappa shape index (κ3) is 4.10. The Balaban J connectivity index is 2.14. The number of carbonyl (C=O) groups is 1. The van der Waals surface area contributed by atoms with Crippen LogP contribution in [0.4, 0.5) is 4.79 Å². The summed E-state index contributed by atoms with van der Waals surface area (Å²) < 4.78 is 6.82. The molecule has 0 unspecified atom stereocenters. The first kappa shape index (κ1) is 16.1. The minimum absolute atomic E-state index is 0.353. The van der Waals surface area contributed by atoms with Crippen molar-refractivity contribution in [2.75, 3.05) is 13.7 Å². The zero-order valence-corrected chi connectivity index (χ0v) is 13.4. The number of benzene rings is 1. The third-order valence-corrected chi connectivity index (χ3v) is 3.50. The van der Waals surface area contributed by atoms with Gasteiger partial charge in [0.25, 0.3) is 0 Å². The minimum Gasteiger partial charge on any atom is -0.453 e. The van der Waals surface area contributed by atoms with Gasteiger partial charge in [-0.15, -0.1) is 0 Å². The van der Waals surface area contributed by atoms with Crippen LogP contribution in [0.1, 0.15) is 36.8 Å². The van der Waals surface area contributed by atoms with E-state index >= 15 is 0 Å². The second-order valence-corrected chi connectivity index (χ2v) is 5.50. The zero-order valence-electron chi connectivity index (χ0n) is 13.4. The van der Waals surface area contributed by atoms with Crippen LogP contribution in [0, 0.1) is 0 Å². The number of imidazole rings is 1. The average Bonchev–Trinajstić information content (AvgIpc) is 2.91. The maximum Gasteiger partial charge on any atom is 0.406 e. The molecule has 0 fully saturated rings. The number of methoxy groups -OCH3 is 1. The van der Waals surface area contributed by atoms with Crippen molar-refractivity contribution in [3.05, 3.63) is 53.6 Å². The zero-order chi connectivity index (χ0) is 15.9. The minimum atomic E-state index is -0.404. The fourth-order valence-electron chi connectivity index (χ4n) is 2.40. The number of rotatable bonds is 6. The molecule has 0 aliphatic heterocycles. The molecule has 118 valence electrons. The molecule has 2 rings (SSSR count). The van der Waals surface area contributed by atoms with E-state index in [2.05, 4.69) is 45.6 Å². The van der Waals surface area contributed by atoms with Crippen molar-refractivity contribution < 1.29 is 9.53 Å². The van der Waals surface area contributed by atoms with Crippen LogP contribution >= 0.6 is 0 Å². The lowest BCUT2D eigenvalue weighted by molar-refractivity contribution is 0.171. The lowest BCUT2D eigenvalue weighted by atomic mass is 10.1. The number of carbonyl (C=O) groups excluding carboxylic acids is 1. The van der Waals surface area contributed by atoms with Crippen LogP contribution in [0.25, 0.3) is 0 Å². The molecular weight excluding hydrogens is 278 g/mol. The predicted octanol–water partition coefficient (Wildman–Crippen LogP) is 2.95. The second-order valence-electron chi connectivity index (χ2n) is 5.50. The van der Waals surface area contributed by atoms with Crippen molar-refractivity contribution in [1.82, 2.24) is 14.9 Å². The van der Waals surface area contributed by atoms with Crippen molar-refractivity contribution >= 4 is 6.09 Å². The number of alkyl carbamates (subject to hydrolysis) is 1. The SMILES string of the molecule is COC(=O)NCCc1cnc(C(C)C)n1Cc1ccccc1. The summed E-state index contributed by atoms with van der Waals surface area (Å²) in [4.78, 5) is 15.7. The molecule has 0 atom stereocenters. The largest absolute Gasteiger partial charge is 0.453 e. The van der Waals surface area contributed by atoms with E-state index in [4.69, 9.17) is 0 Å². The standard InChI is InChI=1S/C17H23N3O2/c1-13(2)16-19-11-15(9-10-18-17(21)22-3)20(16)12-14-7-5-4-6-8-14/h4-8,11,13H,9-10,12H2,1-3H3,(H,18,21). The number of nitrogens with one attached hydrogen (secondary N) is 1. The van der Waals surface area contributed by atoms with E-state index in [-0.39, 0.29) is 0 Å². The van der Waals surface area contributed by atoms with Gasteiger partial charge in [-0.3, -0.25) is 0 Å². The van der Waals surface area contributed by atoms with Crippen molar-refractivity contribution in [2.24, 2.45) is 0 Å². The van der Waals surface area contributed by atoms with Crippen molar-refractivity contribution in [3.8, 4) is 0 Å². The average molecular weight is 301 g/mol. The molecule has 0 saturated carbocycles. The van der Waals surface area contributed by atoms with Gasteiger partial charge in [-0.1, -0.05) is 44.2 Å². The van der Waals surface area contributed by atoms with Crippen LogP contribution in [-0.2, 0) is 17.7 Å². The number of amides is 1. The maximum atomic E-state index is 11.1. The lowest BCUT2D eigenvalue weighted by Gasteiger charge is -2.14. The van der Waals surface area contributed by atoms with E-state index in [9.17, 15) is 4.79 Å². The molecular formula is C17H23N3O2. The highest BCUT2D eigenvalue weighted by Gasteiger charge is 2.13. The number of nitrogens with zero attached hydrogens (tertiary/aromatic N) is 2. The topological polar surface area (TPSA) is 56.1 Å². The van der Waals surface area contributed by atoms with Crippen molar-refractivity contribution in [2.45, 2.75) is 32.7 Å². The highest BCUT2D eigenvalue weighted by atomic mass is 16.5. The van der Waals surface area contributed by atoms with E-state index in [0.29, 0.717) is 12.5 Å². The summed E-state index contributed by atoms with van der Waals surface area (Å²) in [5.41, 5.74) is 2.36. The Bertz CT molecular complexity index is 606. The molecule has 2 aromatic rings. The molecule has 0 radical (unpaired) electrons. The van der Waals surface area contributed by atoms with Gasteiger partial charge in [0.05, 0.1) is 7.11 Å². The Morgan fingerprint density at radius 3 is 2.68 bits per heavy atom. The quantitative estimate of drug-likeness (QED) is 0.892. The normalized spacial score (nSPS) is 10.7. The van der Waals surface area contributed by atoms with E-state index in [0.717, 1.165) is 24.5 Å². The molecule has 1 aromatic heterocycles. The van der Waals surface area contributed by atoms with Crippen LogP contribution < -0.4 is 5.32 Å². The van der Waals surface area contributed by atoms with E-state index in [1.54, 1.807) is 0 Å². The third-order valence-electron chi connectivity index (χ3n) is 3.50. The molecule has 0 saturated heterocycles. The summed E-state index contributed by atoms with van der Waals surface area (Å²) in [6.07, 6.45) is 2.22. The number of aromatic nitrogens is 2. The first-order valence-corrected chi connectivity index (χ1v) is 7.52. The summed E-state index contributed by atoms with van der Waals surface area (Å²) in [6, 6.07) is 10.3. The Kier molecular flexibility index (Phi) is 5.58. The Morgan fingerprint density at radius 1 is 1.32 bits per heavy atom. The Hall–Kier alpha value is -2.30. The molecule has 0 aliphatic carbocycles. The van der Waals surface area contributed by atoms with Gasteiger partial charge >= 0.3 is 6.09 Å². The van der Waals surface area contributed by atoms with E-state index < -0.39 is 6.09 Å². The first-order chi connectivity index (χ1) is 10.6. The molecule has 1 amide bonds. The predicted molar refractivity (Wildman–Crippen MR) is 86.0 cm³/mol. The van der Waals surface area contributed by atoms with Crippen LogP contribution in [0.5, 0.6) is 0 Å². The fraction of sp³-hybridized carbons (Fsp3) is 0.412. The van der Waals surface area contributed by atoms with E-state index in [1.165, 1.54) is 12.7 Å². The van der Waals surface area contributed by atoms with Crippen LogP contribution in [0.2, 0.25) is 0 Å². The smallest absolute Gasteiger partial charge is 0.406 e. The number of ether oxygens (including phenoxy) is 1. The highest BCUT2D eigenvalue weighted by molar-refractivity contribution is 5.66.